The van der Waals surface area contributed by atoms with Crippen molar-refractivity contribution >= 4 is 29.0 Å². The largest absolute Gasteiger partial charge is 0.483 e. The molecular formula is C17H16N2O4. The van der Waals surface area contributed by atoms with Gasteiger partial charge in [-0.2, -0.15) is 0 Å². The summed E-state index contributed by atoms with van der Waals surface area (Å²) in [5.74, 6) is -0.246. The number of imide groups is 1. The SMILES string of the molecule is O=Cc1c(OCC(=O)NC(=O)NC2CC2)ccc2ccccc12. The zero-order chi connectivity index (χ0) is 16.2. The van der Waals surface area contributed by atoms with Gasteiger partial charge in [0, 0.05) is 6.04 Å². The molecule has 0 aromatic heterocycles. The summed E-state index contributed by atoms with van der Waals surface area (Å²) in [7, 11) is 0. The standard InChI is InChI=1S/C17H16N2O4/c20-9-14-13-4-2-1-3-11(13)5-8-15(14)23-10-16(21)19-17(22)18-12-6-7-12/h1-5,8-9,12H,6-7,10H2,(H2,18,19,21,22). The maximum Gasteiger partial charge on any atom is 0.321 e. The minimum absolute atomic E-state index is 0.172. The molecule has 0 atom stereocenters. The summed E-state index contributed by atoms with van der Waals surface area (Å²) in [5.41, 5.74) is 0.387. The van der Waals surface area contributed by atoms with Gasteiger partial charge in [0.15, 0.2) is 12.9 Å². The van der Waals surface area contributed by atoms with E-state index in [9.17, 15) is 14.4 Å². The van der Waals surface area contributed by atoms with Crippen LogP contribution in [-0.2, 0) is 4.79 Å². The summed E-state index contributed by atoms with van der Waals surface area (Å²) in [6.45, 7) is -0.336. The fraction of sp³-hybridized carbons (Fsp3) is 0.235. The number of aldehydes is 1. The van der Waals surface area contributed by atoms with E-state index in [-0.39, 0.29) is 12.6 Å². The van der Waals surface area contributed by atoms with Gasteiger partial charge in [-0.1, -0.05) is 30.3 Å². The summed E-state index contributed by atoms with van der Waals surface area (Å²) >= 11 is 0. The maximum absolute atomic E-state index is 11.7. The third-order valence-corrected chi connectivity index (χ3v) is 3.57. The quantitative estimate of drug-likeness (QED) is 0.827. The van der Waals surface area contributed by atoms with E-state index in [1.54, 1.807) is 6.07 Å². The first kappa shape index (κ1) is 15.0. The van der Waals surface area contributed by atoms with Crippen molar-refractivity contribution in [1.82, 2.24) is 10.6 Å². The van der Waals surface area contributed by atoms with Crippen molar-refractivity contribution in [1.29, 1.82) is 0 Å². The number of carbonyl (C=O) groups is 3. The summed E-state index contributed by atoms with van der Waals surface area (Å²) in [6.07, 6.45) is 2.59. The van der Waals surface area contributed by atoms with Crippen LogP contribution in [0.4, 0.5) is 4.79 Å². The highest BCUT2D eigenvalue weighted by Gasteiger charge is 2.24. The van der Waals surface area contributed by atoms with Crippen LogP contribution in [0.1, 0.15) is 23.2 Å². The van der Waals surface area contributed by atoms with Crippen LogP contribution in [0.5, 0.6) is 5.75 Å². The highest BCUT2D eigenvalue weighted by Crippen LogP contribution is 2.26. The molecule has 3 amide bonds. The molecule has 23 heavy (non-hydrogen) atoms. The Balaban J connectivity index is 1.65. The summed E-state index contributed by atoms with van der Waals surface area (Å²) < 4.78 is 5.40. The zero-order valence-electron chi connectivity index (χ0n) is 12.4. The van der Waals surface area contributed by atoms with Gasteiger partial charge in [-0.3, -0.25) is 14.9 Å². The Hall–Kier alpha value is -2.89. The van der Waals surface area contributed by atoms with Crippen LogP contribution in [0.2, 0.25) is 0 Å². The van der Waals surface area contributed by atoms with Crippen molar-refractivity contribution in [2.24, 2.45) is 0 Å². The van der Waals surface area contributed by atoms with Crippen molar-refractivity contribution in [3.05, 3.63) is 42.0 Å². The molecule has 2 N–H and O–H groups in total. The molecule has 0 bridgehead atoms. The fourth-order valence-electron chi connectivity index (χ4n) is 2.28. The molecule has 2 aromatic carbocycles. The maximum atomic E-state index is 11.7. The lowest BCUT2D eigenvalue weighted by atomic mass is 10.0. The van der Waals surface area contributed by atoms with E-state index < -0.39 is 11.9 Å². The van der Waals surface area contributed by atoms with Crippen LogP contribution < -0.4 is 15.4 Å². The number of benzene rings is 2. The number of rotatable bonds is 5. The van der Waals surface area contributed by atoms with E-state index in [0.29, 0.717) is 17.6 Å². The average molecular weight is 312 g/mol. The summed E-state index contributed by atoms with van der Waals surface area (Å²) in [6, 6.07) is 10.5. The van der Waals surface area contributed by atoms with Gasteiger partial charge in [-0.05, 0) is 29.7 Å². The summed E-state index contributed by atoms with van der Waals surface area (Å²) in [4.78, 5) is 34.5. The lowest BCUT2D eigenvalue weighted by Gasteiger charge is -2.11. The molecule has 1 saturated carbocycles. The van der Waals surface area contributed by atoms with Crippen molar-refractivity contribution in [2.45, 2.75) is 18.9 Å². The molecule has 1 fully saturated rings. The number of nitrogens with one attached hydrogen (secondary N) is 2. The molecule has 2 aromatic rings. The van der Waals surface area contributed by atoms with Crippen molar-refractivity contribution in [3.8, 4) is 5.75 Å². The second-order valence-electron chi connectivity index (χ2n) is 5.40. The number of amides is 3. The van der Waals surface area contributed by atoms with Crippen molar-refractivity contribution < 1.29 is 19.1 Å². The Labute approximate surface area is 132 Å². The van der Waals surface area contributed by atoms with Crippen LogP contribution >= 0.6 is 0 Å². The monoisotopic (exact) mass is 312 g/mol. The molecule has 0 saturated heterocycles. The molecule has 0 radical (unpaired) electrons. The Morgan fingerprint density at radius 1 is 1.17 bits per heavy atom. The van der Waals surface area contributed by atoms with E-state index in [4.69, 9.17) is 4.74 Å². The number of hydrogen-bond acceptors (Lipinski definition) is 4. The number of carbonyl (C=O) groups excluding carboxylic acids is 3. The van der Waals surface area contributed by atoms with Crippen LogP contribution in [0.25, 0.3) is 10.8 Å². The van der Waals surface area contributed by atoms with Gasteiger partial charge in [0.25, 0.3) is 5.91 Å². The van der Waals surface area contributed by atoms with Gasteiger partial charge in [-0.15, -0.1) is 0 Å². The van der Waals surface area contributed by atoms with Gasteiger partial charge in [0.1, 0.15) is 5.75 Å². The second-order valence-corrected chi connectivity index (χ2v) is 5.40. The van der Waals surface area contributed by atoms with Crippen LogP contribution in [-0.4, -0.2) is 30.9 Å². The fourth-order valence-corrected chi connectivity index (χ4v) is 2.28. The number of urea groups is 1. The zero-order valence-corrected chi connectivity index (χ0v) is 12.4. The topological polar surface area (TPSA) is 84.5 Å². The first-order valence-electron chi connectivity index (χ1n) is 7.37. The first-order chi connectivity index (χ1) is 11.2. The normalized spacial score (nSPS) is 13.4. The third kappa shape index (κ3) is 3.66. The molecule has 1 aliphatic carbocycles. The molecule has 118 valence electrons. The Kier molecular flexibility index (Phi) is 4.23. The van der Waals surface area contributed by atoms with E-state index in [1.807, 2.05) is 30.3 Å². The van der Waals surface area contributed by atoms with Gasteiger partial charge < -0.3 is 10.1 Å². The molecular weight excluding hydrogens is 296 g/mol. The smallest absolute Gasteiger partial charge is 0.321 e. The Morgan fingerprint density at radius 3 is 2.70 bits per heavy atom. The molecule has 1 aliphatic rings. The molecule has 3 rings (SSSR count). The Morgan fingerprint density at radius 2 is 1.96 bits per heavy atom. The molecule has 0 heterocycles. The van der Waals surface area contributed by atoms with Gasteiger partial charge in [0.05, 0.1) is 5.56 Å². The molecule has 0 aliphatic heterocycles. The number of hydrogen-bond donors (Lipinski definition) is 2. The molecule has 6 heteroatoms. The van der Waals surface area contributed by atoms with Crippen LogP contribution in [0, 0.1) is 0 Å². The lowest BCUT2D eigenvalue weighted by Crippen LogP contribution is -2.42. The van der Waals surface area contributed by atoms with E-state index in [0.717, 1.165) is 23.6 Å². The molecule has 0 unspecified atom stereocenters. The number of ether oxygens (including phenoxy) is 1. The van der Waals surface area contributed by atoms with Gasteiger partial charge in [0.2, 0.25) is 0 Å². The second kappa shape index (κ2) is 6.48. The van der Waals surface area contributed by atoms with Crippen molar-refractivity contribution in [2.75, 3.05) is 6.61 Å². The van der Waals surface area contributed by atoms with Gasteiger partial charge in [-0.25, -0.2) is 4.79 Å². The highest BCUT2D eigenvalue weighted by atomic mass is 16.5. The van der Waals surface area contributed by atoms with Crippen LogP contribution in [0.15, 0.2) is 36.4 Å². The predicted octanol–water partition coefficient (Wildman–Crippen LogP) is 2.02. The Bertz CT molecular complexity index is 768. The van der Waals surface area contributed by atoms with Gasteiger partial charge >= 0.3 is 6.03 Å². The minimum atomic E-state index is -0.562. The predicted molar refractivity (Wildman–Crippen MR) is 84.5 cm³/mol. The van der Waals surface area contributed by atoms with E-state index in [2.05, 4.69) is 10.6 Å². The highest BCUT2D eigenvalue weighted by molar-refractivity contribution is 6.01. The minimum Gasteiger partial charge on any atom is -0.483 e. The lowest BCUT2D eigenvalue weighted by molar-refractivity contribution is -0.122. The van der Waals surface area contributed by atoms with E-state index in [1.165, 1.54) is 0 Å². The third-order valence-electron chi connectivity index (χ3n) is 3.57. The van der Waals surface area contributed by atoms with Crippen molar-refractivity contribution in [3.63, 3.8) is 0 Å². The number of fused-ring (bicyclic) bond motifs is 1. The van der Waals surface area contributed by atoms with Crippen LogP contribution in [0.3, 0.4) is 0 Å². The first-order valence-corrected chi connectivity index (χ1v) is 7.37. The summed E-state index contributed by atoms with van der Waals surface area (Å²) in [5, 5.41) is 6.51. The molecule has 0 spiro atoms. The molecule has 6 nitrogen and oxygen atoms in total. The average Bonchev–Trinajstić information content (AvgIpc) is 3.35. The van der Waals surface area contributed by atoms with E-state index >= 15 is 0 Å².